The molecule has 7 nitrogen and oxygen atoms in total. The molecular weight excluding hydrogens is 314 g/mol. The lowest BCUT2D eigenvalue weighted by atomic mass is 10.1. The van der Waals surface area contributed by atoms with Gasteiger partial charge in [-0.25, -0.2) is 19.4 Å². The van der Waals surface area contributed by atoms with Gasteiger partial charge in [0.15, 0.2) is 6.10 Å². The average Bonchev–Trinajstić information content (AvgIpc) is 2.52. The van der Waals surface area contributed by atoms with E-state index in [1.165, 1.54) is 19.2 Å². The van der Waals surface area contributed by atoms with Crippen LogP contribution in [0.2, 0.25) is 0 Å². The summed E-state index contributed by atoms with van der Waals surface area (Å²) in [4.78, 5) is 39.7. The van der Waals surface area contributed by atoms with Gasteiger partial charge in [0.2, 0.25) is 0 Å². The molecular formula is C17H23NO6. The number of hydrogen-bond donors (Lipinski definition) is 0. The molecule has 132 valence electrons. The van der Waals surface area contributed by atoms with Crippen molar-refractivity contribution in [1.82, 2.24) is 4.98 Å². The molecule has 0 fully saturated rings. The molecule has 0 aromatic carbocycles. The number of nitrogens with zero attached hydrogens (tertiary/aromatic N) is 1. The number of aromatic nitrogens is 1. The third-order valence-corrected chi connectivity index (χ3v) is 3.19. The molecule has 0 spiro atoms. The summed E-state index contributed by atoms with van der Waals surface area (Å²) in [6.45, 7) is 7.35. The number of rotatable bonds is 7. The number of hydrogen-bond acceptors (Lipinski definition) is 7. The lowest BCUT2D eigenvalue weighted by Gasteiger charge is -2.17. The highest BCUT2D eigenvalue weighted by atomic mass is 16.6. The number of pyridine rings is 1. The number of carbonyl (C=O) groups is 3. The van der Waals surface area contributed by atoms with E-state index in [9.17, 15) is 14.4 Å². The molecule has 0 saturated carbocycles. The van der Waals surface area contributed by atoms with Gasteiger partial charge in [0, 0.05) is 0 Å². The van der Waals surface area contributed by atoms with E-state index in [1.54, 1.807) is 13.8 Å². The Morgan fingerprint density at radius 2 is 1.83 bits per heavy atom. The van der Waals surface area contributed by atoms with Gasteiger partial charge < -0.3 is 14.2 Å². The minimum absolute atomic E-state index is 0.0122. The van der Waals surface area contributed by atoms with Crippen LogP contribution in [-0.2, 0) is 19.0 Å². The van der Waals surface area contributed by atoms with Crippen LogP contribution in [-0.4, -0.2) is 42.7 Å². The van der Waals surface area contributed by atoms with Gasteiger partial charge in [-0.05, 0) is 38.3 Å². The standard InChI is InChI=1S/C17H23NO6/c1-6-23-15(19)12-7-8-13(18-11(12)4)16(20)24-14(9-10(2)3)17(21)22-5/h7-8,10,14H,6,9H2,1-5H3/t14-/m1/s1. The van der Waals surface area contributed by atoms with E-state index in [1.807, 2.05) is 13.8 Å². The Hall–Kier alpha value is -2.44. The van der Waals surface area contributed by atoms with Crippen LogP contribution in [0, 0.1) is 12.8 Å². The van der Waals surface area contributed by atoms with Gasteiger partial charge in [-0.1, -0.05) is 13.8 Å². The van der Waals surface area contributed by atoms with E-state index < -0.39 is 24.0 Å². The summed E-state index contributed by atoms with van der Waals surface area (Å²) in [5, 5.41) is 0. The van der Waals surface area contributed by atoms with Gasteiger partial charge in [0.25, 0.3) is 0 Å². The van der Waals surface area contributed by atoms with Crippen molar-refractivity contribution in [3.63, 3.8) is 0 Å². The molecule has 0 aliphatic heterocycles. The molecule has 1 aromatic heterocycles. The maximum atomic E-state index is 12.2. The normalized spacial score (nSPS) is 11.8. The lowest BCUT2D eigenvalue weighted by molar-refractivity contribution is -0.151. The zero-order valence-electron chi connectivity index (χ0n) is 14.6. The highest BCUT2D eigenvalue weighted by molar-refractivity contribution is 5.93. The molecule has 7 heteroatoms. The predicted octanol–water partition coefficient (Wildman–Crippen LogP) is 2.31. The predicted molar refractivity (Wildman–Crippen MR) is 85.6 cm³/mol. The molecule has 1 aromatic rings. The van der Waals surface area contributed by atoms with Gasteiger partial charge in [-0.15, -0.1) is 0 Å². The first kappa shape index (κ1) is 19.6. The van der Waals surface area contributed by atoms with Crippen LogP contribution >= 0.6 is 0 Å². The van der Waals surface area contributed by atoms with Crippen molar-refractivity contribution in [2.75, 3.05) is 13.7 Å². The van der Waals surface area contributed by atoms with Crippen LogP contribution in [0.5, 0.6) is 0 Å². The molecule has 0 bridgehead atoms. The Labute approximate surface area is 141 Å². The van der Waals surface area contributed by atoms with E-state index in [0.717, 1.165) is 0 Å². The number of carbonyl (C=O) groups excluding carboxylic acids is 3. The van der Waals surface area contributed by atoms with Crippen molar-refractivity contribution in [3.05, 3.63) is 29.1 Å². The molecule has 1 rings (SSSR count). The highest BCUT2D eigenvalue weighted by Gasteiger charge is 2.26. The SMILES string of the molecule is CCOC(=O)c1ccc(C(=O)O[C@H](CC(C)C)C(=O)OC)nc1C. The fourth-order valence-electron chi connectivity index (χ4n) is 2.04. The molecule has 0 radical (unpaired) electrons. The molecule has 1 heterocycles. The zero-order chi connectivity index (χ0) is 18.3. The van der Waals surface area contributed by atoms with Gasteiger partial charge in [0.05, 0.1) is 25.0 Å². The fourth-order valence-corrected chi connectivity index (χ4v) is 2.04. The summed E-state index contributed by atoms with van der Waals surface area (Å²) >= 11 is 0. The molecule has 0 saturated heterocycles. The van der Waals surface area contributed by atoms with Gasteiger partial charge >= 0.3 is 17.9 Å². The van der Waals surface area contributed by atoms with E-state index in [0.29, 0.717) is 12.1 Å². The molecule has 0 aliphatic rings. The fraction of sp³-hybridized carbons (Fsp3) is 0.529. The Bertz CT molecular complexity index is 611. The largest absolute Gasteiger partial charge is 0.466 e. The van der Waals surface area contributed by atoms with Crippen LogP contribution in [0.1, 0.15) is 53.7 Å². The monoisotopic (exact) mass is 337 g/mol. The smallest absolute Gasteiger partial charge is 0.357 e. The molecule has 24 heavy (non-hydrogen) atoms. The van der Waals surface area contributed by atoms with Crippen LogP contribution in [0.3, 0.4) is 0 Å². The second-order valence-corrected chi connectivity index (χ2v) is 5.60. The minimum Gasteiger partial charge on any atom is -0.466 e. The van der Waals surface area contributed by atoms with Crippen molar-refractivity contribution in [2.45, 2.75) is 40.2 Å². The van der Waals surface area contributed by atoms with Crippen molar-refractivity contribution in [3.8, 4) is 0 Å². The maximum Gasteiger partial charge on any atom is 0.357 e. The van der Waals surface area contributed by atoms with Gasteiger partial charge in [-0.3, -0.25) is 0 Å². The summed E-state index contributed by atoms with van der Waals surface area (Å²) in [6, 6.07) is 2.82. The Morgan fingerprint density at radius 1 is 1.17 bits per heavy atom. The molecule has 0 amide bonds. The maximum absolute atomic E-state index is 12.2. The number of methoxy groups -OCH3 is 1. The van der Waals surface area contributed by atoms with Crippen LogP contribution < -0.4 is 0 Å². The quantitative estimate of drug-likeness (QED) is 0.557. The summed E-state index contributed by atoms with van der Waals surface area (Å²) in [5.41, 5.74) is 0.639. The van der Waals surface area contributed by atoms with Crippen LogP contribution in [0.25, 0.3) is 0 Å². The van der Waals surface area contributed by atoms with Crippen molar-refractivity contribution < 1.29 is 28.6 Å². The molecule has 0 N–H and O–H groups in total. The first-order valence-electron chi connectivity index (χ1n) is 7.73. The summed E-state index contributed by atoms with van der Waals surface area (Å²) in [6.07, 6.45) is -0.646. The first-order valence-corrected chi connectivity index (χ1v) is 7.73. The molecule has 0 unspecified atom stereocenters. The van der Waals surface area contributed by atoms with Crippen LogP contribution in [0.4, 0.5) is 0 Å². The van der Waals surface area contributed by atoms with Crippen LogP contribution in [0.15, 0.2) is 12.1 Å². The number of esters is 3. The summed E-state index contributed by atoms with van der Waals surface area (Å²) in [7, 11) is 1.24. The van der Waals surface area contributed by atoms with E-state index >= 15 is 0 Å². The second-order valence-electron chi connectivity index (χ2n) is 5.60. The number of ether oxygens (including phenoxy) is 3. The second kappa shape index (κ2) is 9.00. The first-order chi connectivity index (χ1) is 11.3. The number of aryl methyl sites for hydroxylation is 1. The third kappa shape index (κ3) is 5.33. The minimum atomic E-state index is -0.991. The highest BCUT2D eigenvalue weighted by Crippen LogP contribution is 2.14. The average molecular weight is 337 g/mol. The van der Waals surface area contributed by atoms with Crippen molar-refractivity contribution in [1.29, 1.82) is 0 Å². The Balaban J connectivity index is 2.92. The lowest BCUT2D eigenvalue weighted by Crippen LogP contribution is -2.30. The zero-order valence-corrected chi connectivity index (χ0v) is 14.6. The van der Waals surface area contributed by atoms with E-state index in [2.05, 4.69) is 9.72 Å². The van der Waals surface area contributed by atoms with Gasteiger partial charge in [0.1, 0.15) is 5.69 Å². The Morgan fingerprint density at radius 3 is 2.33 bits per heavy atom. The third-order valence-electron chi connectivity index (χ3n) is 3.19. The molecule has 0 aliphatic carbocycles. The topological polar surface area (TPSA) is 91.8 Å². The van der Waals surface area contributed by atoms with Crippen molar-refractivity contribution >= 4 is 17.9 Å². The van der Waals surface area contributed by atoms with E-state index in [4.69, 9.17) is 9.47 Å². The van der Waals surface area contributed by atoms with Crippen molar-refractivity contribution in [2.24, 2.45) is 5.92 Å². The van der Waals surface area contributed by atoms with Gasteiger partial charge in [-0.2, -0.15) is 0 Å². The Kier molecular flexibility index (Phi) is 7.35. The summed E-state index contributed by atoms with van der Waals surface area (Å²) in [5.74, 6) is -1.72. The molecule has 1 atom stereocenters. The summed E-state index contributed by atoms with van der Waals surface area (Å²) < 4.78 is 14.8. The van der Waals surface area contributed by atoms with E-state index in [-0.39, 0.29) is 23.8 Å².